The van der Waals surface area contributed by atoms with Gasteiger partial charge in [-0.25, -0.2) is 0 Å². The second kappa shape index (κ2) is 5.87. The molecule has 1 atom stereocenters. The fraction of sp³-hybridized carbons (Fsp3) is 0.692. The van der Waals surface area contributed by atoms with Crippen molar-refractivity contribution in [1.29, 1.82) is 0 Å². The molecule has 1 aliphatic rings. The Balaban J connectivity index is 2.02. The van der Waals surface area contributed by atoms with Gasteiger partial charge in [0.1, 0.15) is 5.69 Å². The Morgan fingerprint density at radius 1 is 1.50 bits per heavy atom. The summed E-state index contributed by atoms with van der Waals surface area (Å²) in [4.78, 5) is 14.3. The lowest BCUT2D eigenvalue weighted by atomic mass is 9.89. The second-order valence-corrected chi connectivity index (χ2v) is 6.17. The number of aromatic nitrogens is 2. The van der Waals surface area contributed by atoms with E-state index in [2.05, 4.69) is 40.0 Å². The number of rotatable bonds is 2. The number of hydrogen-bond acceptors (Lipinski definition) is 2. The van der Waals surface area contributed by atoms with Crippen LogP contribution in [0.2, 0.25) is 0 Å². The SMILES string of the molecule is CC(C)C1CCCN(C(=O)c2[nH]ncc2Br)CC1. The van der Waals surface area contributed by atoms with E-state index < -0.39 is 0 Å². The summed E-state index contributed by atoms with van der Waals surface area (Å²) in [7, 11) is 0. The lowest BCUT2D eigenvalue weighted by molar-refractivity contribution is 0.0752. The Morgan fingerprint density at radius 2 is 2.28 bits per heavy atom. The van der Waals surface area contributed by atoms with Gasteiger partial charge in [-0.2, -0.15) is 5.10 Å². The number of H-pyrrole nitrogens is 1. The highest BCUT2D eigenvalue weighted by molar-refractivity contribution is 9.10. The van der Waals surface area contributed by atoms with Crippen molar-refractivity contribution in [2.45, 2.75) is 33.1 Å². The summed E-state index contributed by atoms with van der Waals surface area (Å²) < 4.78 is 0.747. The van der Waals surface area contributed by atoms with Crippen LogP contribution < -0.4 is 0 Å². The highest BCUT2D eigenvalue weighted by Gasteiger charge is 2.24. The Labute approximate surface area is 116 Å². The molecule has 0 bridgehead atoms. The third-order valence-corrected chi connectivity index (χ3v) is 4.41. The van der Waals surface area contributed by atoms with Gasteiger partial charge >= 0.3 is 0 Å². The average molecular weight is 314 g/mol. The molecule has 1 amide bonds. The van der Waals surface area contributed by atoms with Crippen LogP contribution >= 0.6 is 15.9 Å². The van der Waals surface area contributed by atoms with E-state index >= 15 is 0 Å². The molecule has 1 aromatic heterocycles. The number of halogens is 1. The fourth-order valence-electron chi connectivity index (χ4n) is 2.57. The Morgan fingerprint density at radius 3 is 2.89 bits per heavy atom. The van der Waals surface area contributed by atoms with Crippen molar-refractivity contribution in [1.82, 2.24) is 15.1 Å². The largest absolute Gasteiger partial charge is 0.337 e. The number of likely N-dealkylation sites (tertiary alicyclic amines) is 1. The minimum absolute atomic E-state index is 0.0591. The molecule has 1 saturated heterocycles. The summed E-state index contributed by atoms with van der Waals surface area (Å²) in [6, 6.07) is 0. The molecule has 1 aliphatic heterocycles. The quantitative estimate of drug-likeness (QED) is 0.912. The van der Waals surface area contributed by atoms with Crippen molar-refractivity contribution >= 4 is 21.8 Å². The summed E-state index contributed by atoms with van der Waals surface area (Å²) in [5.74, 6) is 1.51. The lowest BCUT2D eigenvalue weighted by Crippen LogP contribution is -2.32. The number of nitrogens with one attached hydrogen (secondary N) is 1. The predicted molar refractivity (Wildman–Crippen MR) is 74.4 cm³/mol. The van der Waals surface area contributed by atoms with E-state index in [0.717, 1.165) is 36.3 Å². The van der Waals surface area contributed by atoms with Crippen molar-refractivity contribution in [2.24, 2.45) is 11.8 Å². The molecule has 4 nitrogen and oxygen atoms in total. The van der Waals surface area contributed by atoms with E-state index in [1.54, 1.807) is 6.20 Å². The average Bonchev–Trinajstić information content (AvgIpc) is 2.63. The maximum Gasteiger partial charge on any atom is 0.273 e. The Bertz CT molecular complexity index is 416. The van der Waals surface area contributed by atoms with Crippen LogP contribution in [0.25, 0.3) is 0 Å². The third-order valence-electron chi connectivity index (χ3n) is 3.81. The molecule has 0 spiro atoms. The number of carbonyl (C=O) groups is 1. The van der Waals surface area contributed by atoms with Gasteiger partial charge in [-0.1, -0.05) is 13.8 Å². The Kier molecular flexibility index (Phi) is 4.43. The van der Waals surface area contributed by atoms with Gasteiger partial charge in [-0.05, 0) is 47.0 Å². The van der Waals surface area contributed by atoms with Gasteiger partial charge in [0.25, 0.3) is 5.91 Å². The minimum Gasteiger partial charge on any atom is -0.337 e. The molecule has 0 saturated carbocycles. The van der Waals surface area contributed by atoms with Crippen LogP contribution in [0.4, 0.5) is 0 Å². The summed E-state index contributed by atoms with van der Waals surface area (Å²) >= 11 is 3.35. The van der Waals surface area contributed by atoms with Crippen LogP contribution in [-0.4, -0.2) is 34.1 Å². The number of amides is 1. The van der Waals surface area contributed by atoms with Crippen LogP contribution in [0.15, 0.2) is 10.7 Å². The van der Waals surface area contributed by atoms with Crippen molar-refractivity contribution in [3.8, 4) is 0 Å². The van der Waals surface area contributed by atoms with Gasteiger partial charge < -0.3 is 4.90 Å². The van der Waals surface area contributed by atoms with Crippen molar-refractivity contribution < 1.29 is 4.79 Å². The first-order valence-electron chi connectivity index (χ1n) is 6.57. The number of aromatic amines is 1. The van der Waals surface area contributed by atoms with E-state index in [9.17, 15) is 4.79 Å². The molecular weight excluding hydrogens is 294 g/mol. The molecule has 5 heteroatoms. The van der Waals surface area contributed by atoms with E-state index in [1.807, 2.05) is 4.90 Å². The molecule has 18 heavy (non-hydrogen) atoms. The number of hydrogen-bond donors (Lipinski definition) is 1. The molecular formula is C13H20BrN3O. The van der Waals surface area contributed by atoms with E-state index in [-0.39, 0.29) is 5.91 Å². The van der Waals surface area contributed by atoms with Crippen molar-refractivity contribution in [2.75, 3.05) is 13.1 Å². The smallest absolute Gasteiger partial charge is 0.273 e. The van der Waals surface area contributed by atoms with Crippen LogP contribution in [0.3, 0.4) is 0 Å². The fourth-order valence-corrected chi connectivity index (χ4v) is 2.93. The Hall–Kier alpha value is -0.840. The predicted octanol–water partition coefficient (Wildman–Crippen LogP) is 3.07. The van der Waals surface area contributed by atoms with Crippen LogP contribution in [-0.2, 0) is 0 Å². The summed E-state index contributed by atoms with van der Waals surface area (Å²) in [6.45, 7) is 6.25. The van der Waals surface area contributed by atoms with E-state index in [1.165, 1.54) is 6.42 Å². The maximum atomic E-state index is 12.3. The molecule has 1 fully saturated rings. The summed E-state index contributed by atoms with van der Waals surface area (Å²) in [5, 5.41) is 6.65. The highest BCUT2D eigenvalue weighted by Crippen LogP contribution is 2.25. The van der Waals surface area contributed by atoms with Gasteiger partial charge in [-0.15, -0.1) is 0 Å². The van der Waals surface area contributed by atoms with Gasteiger partial charge in [-0.3, -0.25) is 9.89 Å². The lowest BCUT2D eigenvalue weighted by Gasteiger charge is -2.21. The van der Waals surface area contributed by atoms with Crippen molar-refractivity contribution in [3.63, 3.8) is 0 Å². The summed E-state index contributed by atoms with van der Waals surface area (Å²) in [5.41, 5.74) is 0.568. The monoisotopic (exact) mass is 313 g/mol. The standard InChI is InChI=1S/C13H20BrN3O/c1-9(2)10-4-3-6-17(7-5-10)13(18)12-11(14)8-15-16-12/h8-10H,3-7H2,1-2H3,(H,15,16). The van der Waals surface area contributed by atoms with Crippen LogP contribution in [0.1, 0.15) is 43.6 Å². The van der Waals surface area contributed by atoms with Gasteiger partial charge in [0, 0.05) is 13.1 Å². The third kappa shape index (κ3) is 2.94. The molecule has 1 N–H and O–H groups in total. The molecule has 2 rings (SSSR count). The molecule has 100 valence electrons. The van der Waals surface area contributed by atoms with Crippen LogP contribution in [0.5, 0.6) is 0 Å². The topological polar surface area (TPSA) is 49.0 Å². The first-order chi connectivity index (χ1) is 8.59. The molecule has 1 unspecified atom stereocenters. The van der Waals surface area contributed by atoms with Gasteiger partial charge in [0.05, 0.1) is 10.7 Å². The number of carbonyl (C=O) groups excluding carboxylic acids is 1. The first kappa shape index (κ1) is 13.6. The molecule has 0 aromatic carbocycles. The van der Waals surface area contributed by atoms with E-state index in [4.69, 9.17) is 0 Å². The molecule has 1 aromatic rings. The van der Waals surface area contributed by atoms with Gasteiger partial charge in [0.2, 0.25) is 0 Å². The summed E-state index contributed by atoms with van der Waals surface area (Å²) in [6.07, 6.45) is 5.06. The zero-order chi connectivity index (χ0) is 13.1. The minimum atomic E-state index is 0.0591. The van der Waals surface area contributed by atoms with E-state index in [0.29, 0.717) is 11.6 Å². The first-order valence-corrected chi connectivity index (χ1v) is 7.37. The zero-order valence-electron chi connectivity index (χ0n) is 10.9. The normalized spacial score (nSPS) is 21.1. The second-order valence-electron chi connectivity index (χ2n) is 5.32. The van der Waals surface area contributed by atoms with Crippen LogP contribution in [0, 0.1) is 11.8 Å². The molecule has 2 heterocycles. The maximum absolute atomic E-state index is 12.3. The van der Waals surface area contributed by atoms with Gasteiger partial charge in [0.15, 0.2) is 0 Å². The molecule has 0 radical (unpaired) electrons. The number of nitrogens with zero attached hydrogens (tertiary/aromatic N) is 2. The zero-order valence-corrected chi connectivity index (χ0v) is 12.5. The van der Waals surface area contributed by atoms with Crippen molar-refractivity contribution in [3.05, 3.63) is 16.4 Å². The highest BCUT2D eigenvalue weighted by atomic mass is 79.9. The molecule has 0 aliphatic carbocycles.